The van der Waals surface area contributed by atoms with Gasteiger partial charge in [-0.3, -0.25) is 14.0 Å². The van der Waals surface area contributed by atoms with Gasteiger partial charge in [0.15, 0.2) is 5.49 Å². The lowest BCUT2D eigenvalue weighted by Gasteiger charge is -2.15. The first-order chi connectivity index (χ1) is 20.5. The van der Waals surface area contributed by atoms with Crippen LogP contribution < -0.4 is 11.0 Å². The molecule has 208 valence electrons. The van der Waals surface area contributed by atoms with E-state index in [4.69, 9.17) is 9.72 Å². The Morgan fingerprint density at radius 2 is 1.64 bits per heavy atom. The fourth-order valence-corrected chi connectivity index (χ4v) is 5.22. The van der Waals surface area contributed by atoms with E-state index in [2.05, 4.69) is 4.99 Å². The molecule has 0 bridgehead atoms. The molecule has 3 heterocycles. The average Bonchev–Trinajstić information content (AvgIpc) is 3.01. The van der Waals surface area contributed by atoms with Gasteiger partial charge >= 0.3 is 5.97 Å². The summed E-state index contributed by atoms with van der Waals surface area (Å²) in [6.45, 7) is 2.15. The summed E-state index contributed by atoms with van der Waals surface area (Å²) in [5.41, 5.74) is 2.49. The Kier molecular flexibility index (Phi) is 7.43. The zero-order chi connectivity index (χ0) is 29.1. The first kappa shape index (κ1) is 26.8. The number of carbonyl (C=O) groups excluding carboxylic acids is 2. The lowest BCUT2D eigenvalue weighted by atomic mass is 10.0. The van der Waals surface area contributed by atoms with Crippen molar-refractivity contribution in [3.63, 3.8) is 0 Å². The lowest BCUT2D eigenvalue weighted by Crippen LogP contribution is -2.33. The van der Waals surface area contributed by atoms with Gasteiger partial charge in [-0.05, 0) is 53.4 Å². The number of carbonyl (C=O) groups is 2. The Morgan fingerprint density at radius 3 is 2.48 bits per heavy atom. The van der Waals surface area contributed by atoms with Crippen LogP contribution in [0, 0.1) is 0 Å². The van der Waals surface area contributed by atoms with Crippen LogP contribution in [0.4, 0.5) is 0 Å². The molecule has 8 heteroatoms. The smallest absolute Gasteiger partial charge is 0.341 e. The van der Waals surface area contributed by atoms with Crippen LogP contribution in [0.15, 0.2) is 113 Å². The number of hydrogen-bond donors (Lipinski definition) is 0. The van der Waals surface area contributed by atoms with Crippen LogP contribution in [0.25, 0.3) is 27.5 Å². The Bertz CT molecular complexity index is 2090. The standard InChI is InChI=1S/C34H28N4O4/c1-2-42-34(41)28-22-27-31(35-29-17-8-9-19-37(29)33(27)40)38(20-18-23-11-4-3-5-12-23)32(28)36-30(39)21-25-15-10-14-24-13-6-7-16-26(24)25/h3-17,19,22H,2,18,20-21H2,1H3. The minimum absolute atomic E-state index is 0.0359. The zero-order valence-electron chi connectivity index (χ0n) is 23.1. The molecule has 3 aromatic carbocycles. The Labute approximate surface area is 241 Å². The van der Waals surface area contributed by atoms with Gasteiger partial charge in [0.1, 0.15) is 16.9 Å². The summed E-state index contributed by atoms with van der Waals surface area (Å²) in [5, 5.41) is 2.22. The van der Waals surface area contributed by atoms with E-state index in [9.17, 15) is 14.4 Å². The quantitative estimate of drug-likeness (QED) is 0.206. The third-order valence-electron chi connectivity index (χ3n) is 7.20. The summed E-state index contributed by atoms with van der Waals surface area (Å²) in [6, 6.07) is 30.2. The molecule has 0 spiro atoms. The van der Waals surface area contributed by atoms with Crippen molar-refractivity contribution < 1.29 is 14.3 Å². The highest BCUT2D eigenvalue weighted by Crippen LogP contribution is 2.19. The van der Waals surface area contributed by atoms with Gasteiger partial charge in [-0.25, -0.2) is 9.78 Å². The number of esters is 1. The molecule has 3 aromatic heterocycles. The van der Waals surface area contributed by atoms with Crippen molar-refractivity contribution in [3.05, 3.63) is 136 Å². The molecule has 6 aromatic rings. The fraction of sp³-hybridized carbons (Fsp3) is 0.147. The Balaban J connectivity index is 1.58. The van der Waals surface area contributed by atoms with Crippen LogP contribution in [0.5, 0.6) is 0 Å². The lowest BCUT2D eigenvalue weighted by molar-refractivity contribution is -0.117. The van der Waals surface area contributed by atoms with Gasteiger partial charge in [-0.15, -0.1) is 0 Å². The molecule has 0 atom stereocenters. The number of nitrogens with zero attached hydrogens (tertiary/aromatic N) is 4. The molecule has 0 fully saturated rings. The predicted octanol–water partition coefficient (Wildman–Crippen LogP) is 4.89. The number of pyridine rings is 2. The van der Waals surface area contributed by atoms with Crippen molar-refractivity contribution in [2.45, 2.75) is 26.3 Å². The maximum atomic E-state index is 13.6. The minimum atomic E-state index is -0.665. The SMILES string of the molecule is CCOC(=O)c1cc2c(=O)n3ccccc3nc2n(CCc2ccccc2)c1=NC(=O)Cc1cccc2ccccc12. The largest absolute Gasteiger partial charge is 0.462 e. The van der Waals surface area contributed by atoms with Gasteiger partial charge in [-0.2, -0.15) is 4.99 Å². The van der Waals surface area contributed by atoms with Crippen LogP contribution in [-0.4, -0.2) is 32.4 Å². The van der Waals surface area contributed by atoms with Crippen molar-refractivity contribution in [2.24, 2.45) is 4.99 Å². The van der Waals surface area contributed by atoms with Crippen LogP contribution in [0.2, 0.25) is 0 Å². The monoisotopic (exact) mass is 556 g/mol. The molecule has 0 saturated carbocycles. The second-order valence-electron chi connectivity index (χ2n) is 9.89. The molecular weight excluding hydrogens is 528 g/mol. The molecule has 8 nitrogen and oxygen atoms in total. The van der Waals surface area contributed by atoms with Crippen molar-refractivity contribution >= 4 is 39.3 Å². The van der Waals surface area contributed by atoms with Gasteiger partial charge in [0, 0.05) is 12.7 Å². The van der Waals surface area contributed by atoms with Crippen LogP contribution in [-0.2, 0) is 28.9 Å². The number of benzene rings is 3. The molecule has 0 aliphatic rings. The van der Waals surface area contributed by atoms with E-state index in [1.165, 1.54) is 10.5 Å². The van der Waals surface area contributed by atoms with Crippen molar-refractivity contribution in [1.29, 1.82) is 0 Å². The van der Waals surface area contributed by atoms with Crippen molar-refractivity contribution in [1.82, 2.24) is 14.0 Å². The highest BCUT2D eigenvalue weighted by molar-refractivity contribution is 5.94. The number of amides is 1. The number of ether oxygens (including phenoxy) is 1. The molecule has 1 amide bonds. The highest BCUT2D eigenvalue weighted by atomic mass is 16.5. The molecule has 0 N–H and O–H groups in total. The first-order valence-electron chi connectivity index (χ1n) is 13.8. The zero-order valence-corrected chi connectivity index (χ0v) is 23.1. The van der Waals surface area contributed by atoms with Gasteiger partial charge in [0.25, 0.3) is 11.5 Å². The van der Waals surface area contributed by atoms with E-state index in [0.717, 1.165) is 21.9 Å². The second-order valence-corrected chi connectivity index (χ2v) is 9.89. The molecule has 0 aliphatic heterocycles. The van der Waals surface area contributed by atoms with Crippen molar-refractivity contribution in [3.8, 4) is 0 Å². The summed E-state index contributed by atoms with van der Waals surface area (Å²) in [4.78, 5) is 49.8. The molecule has 6 rings (SSSR count). The van der Waals surface area contributed by atoms with Crippen molar-refractivity contribution in [2.75, 3.05) is 6.61 Å². The summed E-state index contributed by atoms with van der Waals surface area (Å²) in [5.74, 6) is -1.09. The highest BCUT2D eigenvalue weighted by Gasteiger charge is 2.20. The van der Waals surface area contributed by atoms with Crippen LogP contribution in [0.1, 0.15) is 28.4 Å². The van der Waals surface area contributed by atoms with Crippen LogP contribution >= 0.6 is 0 Å². The van der Waals surface area contributed by atoms with Gasteiger partial charge in [0.2, 0.25) is 0 Å². The molecule has 0 radical (unpaired) electrons. The average molecular weight is 557 g/mol. The first-order valence-corrected chi connectivity index (χ1v) is 13.8. The number of aromatic nitrogens is 3. The summed E-state index contributed by atoms with van der Waals surface area (Å²) >= 11 is 0. The Morgan fingerprint density at radius 1 is 0.881 bits per heavy atom. The van der Waals surface area contributed by atoms with Gasteiger partial charge < -0.3 is 9.30 Å². The predicted molar refractivity (Wildman–Crippen MR) is 161 cm³/mol. The topological polar surface area (TPSA) is 95.0 Å². The number of hydrogen-bond acceptors (Lipinski definition) is 5. The molecule has 0 aliphatic carbocycles. The van der Waals surface area contributed by atoms with E-state index < -0.39 is 11.9 Å². The second kappa shape index (κ2) is 11.6. The third-order valence-corrected chi connectivity index (χ3v) is 7.20. The summed E-state index contributed by atoms with van der Waals surface area (Å²) in [7, 11) is 0. The number of aryl methyl sites for hydroxylation is 2. The minimum Gasteiger partial charge on any atom is -0.462 e. The fourth-order valence-electron chi connectivity index (χ4n) is 5.22. The van der Waals surface area contributed by atoms with Gasteiger partial charge in [-0.1, -0.05) is 78.9 Å². The molecular formula is C34H28N4O4. The van der Waals surface area contributed by atoms with E-state index >= 15 is 0 Å². The molecule has 0 saturated heterocycles. The summed E-state index contributed by atoms with van der Waals surface area (Å²) < 4.78 is 8.50. The maximum Gasteiger partial charge on any atom is 0.341 e. The van der Waals surface area contributed by atoms with E-state index in [1.807, 2.05) is 72.8 Å². The van der Waals surface area contributed by atoms with Crippen LogP contribution in [0.3, 0.4) is 0 Å². The summed E-state index contributed by atoms with van der Waals surface area (Å²) in [6.07, 6.45) is 2.23. The van der Waals surface area contributed by atoms with E-state index in [0.29, 0.717) is 24.3 Å². The third kappa shape index (κ3) is 5.22. The molecule has 0 unspecified atom stereocenters. The normalized spacial score (nSPS) is 11.8. The maximum absolute atomic E-state index is 13.6. The van der Waals surface area contributed by atoms with Gasteiger partial charge in [0.05, 0.1) is 18.4 Å². The van der Waals surface area contributed by atoms with E-state index in [1.54, 1.807) is 35.9 Å². The molecule has 42 heavy (non-hydrogen) atoms. The Hall–Kier alpha value is -5.37. The number of rotatable bonds is 7. The van der Waals surface area contributed by atoms with E-state index in [-0.39, 0.29) is 35.0 Å². The number of fused-ring (bicyclic) bond motifs is 3.